The topological polar surface area (TPSA) is 37.3 Å². The van der Waals surface area contributed by atoms with Gasteiger partial charge in [-0.1, -0.05) is 30.9 Å². The average molecular weight is 239 g/mol. The van der Waals surface area contributed by atoms with Crippen LogP contribution in [0.2, 0.25) is 5.02 Å². The molecule has 3 heteroatoms. The predicted octanol–water partition coefficient (Wildman–Crippen LogP) is 3.81. The van der Waals surface area contributed by atoms with Crippen molar-refractivity contribution in [3.05, 3.63) is 28.8 Å². The van der Waals surface area contributed by atoms with Crippen molar-refractivity contribution in [3.63, 3.8) is 0 Å². The second-order valence-corrected chi connectivity index (χ2v) is 4.77. The highest BCUT2D eigenvalue weighted by Gasteiger charge is 2.23. The van der Waals surface area contributed by atoms with E-state index in [1.54, 1.807) is 6.07 Å². The van der Waals surface area contributed by atoms with Gasteiger partial charge in [-0.15, -0.1) is 0 Å². The van der Waals surface area contributed by atoms with Gasteiger partial charge in [0, 0.05) is 11.5 Å². The zero-order valence-corrected chi connectivity index (χ0v) is 9.83. The fourth-order valence-corrected chi connectivity index (χ4v) is 2.56. The predicted molar refractivity (Wildman–Crippen MR) is 64.0 cm³/mol. The first-order valence-corrected chi connectivity index (χ1v) is 6.09. The van der Waals surface area contributed by atoms with Crippen molar-refractivity contribution in [3.8, 4) is 5.75 Å². The molecule has 0 aromatic heterocycles. The van der Waals surface area contributed by atoms with E-state index < -0.39 is 0 Å². The van der Waals surface area contributed by atoms with Crippen LogP contribution < -0.4 is 0 Å². The molecule has 0 radical (unpaired) electrons. The van der Waals surface area contributed by atoms with Crippen LogP contribution in [0.3, 0.4) is 0 Å². The Morgan fingerprint density at radius 2 is 1.94 bits per heavy atom. The van der Waals surface area contributed by atoms with Gasteiger partial charge < -0.3 is 5.11 Å². The van der Waals surface area contributed by atoms with E-state index >= 15 is 0 Å². The molecule has 0 spiro atoms. The maximum atomic E-state index is 12.2. The molecule has 1 fully saturated rings. The number of carbonyl (C=O) groups is 1. The van der Waals surface area contributed by atoms with Crippen LogP contribution in [0.4, 0.5) is 0 Å². The van der Waals surface area contributed by atoms with Crippen LogP contribution in [0.5, 0.6) is 5.75 Å². The zero-order valence-electron chi connectivity index (χ0n) is 9.08. The maximum absolute atomic E-state index is 12.2. The Kier molecular flexibility index (Phi) is 3.49. The summed E-state index contributed by atoms with van der Waals surface area (Å²) in [6.07, 6.45) is 5.43. The van der Waals surface area contributed by atoms with E-state index in [1.807, 2.05) is 0 Å². The summed E-state index contributed by atoms with van der Waals surface area (Å²) in [5.74, 6) is 0.352. The fourth-order valence-electron chi connectivity index (χ4n) is 2.29. The number of hydrogen-bond donors (Lipinski definition) is 1. The van der Waals surface area contributed by atoms with Gasteiger partial charge in [0.25, 0.3) is 0 Å². The smallest absolute Gasteiger partial charge is 0.167 e. The van der Waals surface area contributed by atoms with Gasteiger partial charge in [0.1, 0.15) is 5.75 Å². The molecule has 0 saturated heterocycles. The Labute approximate surface area is 100 Å². The molecule has 1 saturated carbocycles. The van der Waals surface area contributed by atoms with E-state index in [9.17, 15) is 9.90 Å². The van der Waals surface area contributed by atoms with Crippen molar-refractivity contribution in [2.45, 2.75) is 32.1 Å². The molecule has 0 atom stereocenters. The molecule has 0 bridgehead atoms. The van der Waals surface area contributed by atoms with E-state index in [1.165, 1.54) is 18.6 Å². The summed E-state index contributed by atoms with van der Waals surface area (Å²) in [6, 6.07) is 4.56. The van der Waals surface area contributed by atoms with Crippen LogP contribution in [-0.2, 0) is 0 Å². The van der Waals surface area contributed by atoms with Gasteiger partial charge in [-0.3, -0.25) is 4.79 Å². The molecule has 1 aromatic rings. The molecule has 2 nitrogen and oxygen atoms in total. The lowest BCUT2D eigenvalue weighted by atomic mass is 9.84. The number of aromatic hydroxyl groups is 1. The summed E-state index contributed by atoms with van der Waals surface area (Å²) < 4.78 is 0. The highest BCUT2D eigenvalue weighted by atomic mass is 35.5. The van der Waals surface area contributed by atoms with E-state index in [0.29, 0.717) is 10.6 Å². The number of carbonyl (C=O) groups excluding carboxylic acids is 1. The van der Waals surface area contributed by atoms with Gasteiger partial charge in [0.15, 0.2) is 5.78 Å². The monoisotopic (exact) mass is 238 g/mol. The second-order valence-electron chi connectivity index (χ2n) is 4.36. The molecular weight excluding hydrogens is 224 g/mol. The molecule has 16 heavy (non-hydrogen) atoms. The van der Waals surface area contributed by atoms with Gasteiger partial charge in [-0.2, -0.15) is 0 Å². The van der Waals surface area contributed by atoms with Crippen molar-refractivity contribution < 1.29 is 9.90 Å². The minimum Gasteiger partial charge on any atom is -0.508 e. The van der Waals surface area contributed by atoms with E-state index in [2.05, 4.69) is 0 Å². The van der Waals surface area contributed by atoms with Crippen molar-refractivity contribution in [2.75, 3.05) is 0 Å². The molecule has 1 aliphatic carbocycles. The van der Waals surface area contributed by atoms with Crippen LogP contribution in [-0.4, -0.2) is 10.9 Å². The quantitative estimate of drug-likeness (QED) is 0.796. The first-order chi connectivity index (χ1) is 7.68. The number of halogens is 1. The molecule has 0 unspecified atom stereocenters. The Hall–Kier alpha value is -1.02. The van der Waals surface area contributed by atoms with Gasteiger partial charge in [0.2, 0.25) is 0 Å². The number of rotatable bonds is 2. The zero-order chi connectivity index (χ0) is 11.5. The highest BCUT2D eigenvalue weighted by molar-refractivity contribution is 6.34. The number of phenols is 1. The number of ketones is 1. The van der Waals surface area contributed by atoms with Crippen molar-refractivity contribution in [1.82, 2.24) is 0 Å². The lowest BCUT2D eigenvalue weighted by Crippen LogP contribution is -2.18. The minimum atomic E-state index is 0.102. The number of benzene rings is 1. The Bertz CT molecular complexity index is 395. The minimum absolute atomic E-state index is 0.102. The van der Waals surface area contributed by atoms with Crippen LogP contribution >= 0.6 is 11.6 Å². The Morgan fingerprint density at radius 1 is 1.25 bits per heavy atom. The molecule has 1 N–H and O–H groups in total. The third kappa shape index (κ3) is 2.38. The van der Waals surface area contributed by atoms with Crippen LogP contribution in [0, 0.1) is 5.92 Å². The summed E-state index contributed by atoms with van der Waals surface area (Å²) in [5, 5.41) is 9.59. The number of hydrogen-bond acceptors (Lipinski definition) is 2. The standard InChI is InChI=1S/C13H15ClO2/c14-12-8-10(15)6-7-11(12)13(16)9-4-2-1-3-5-9/h6-9,15H,1-5H2. The van der Waals surface area contributed by atoms with Crippen molar-refractivity contribution in [2.24, 2.45) is 5.92 Å². The molecule has 1 aliphatic rings. The molecular formula is C13H15ClO2. The largest absolute Gasteiger partial charge is 0.508 e. The number of Topliss-reactive ketones (excluding diaryl/α,β-unsaturated/α-hetero) is 1. The van der Waals surface area contributed by atoms with E-state index in [-0.39, 0.29) is 17.5 Å². The SMILES string of the molecule is O=C(c1ccc(O)cc1Cl)C1CCCCC1. The summed E-state index contributed by atoms with van der Waals surface area (Å²) >= 11 is 5.96. The van der Waals surface area contributed by atoms with Gasteiger partial charge in [-0.05, 0) is 31.0 Å². The first kappa shape index (κ1) is 11.5. The third-order valence-corrected chi connectivity index (χ3v) is 3.51. The van der Waals surface area contributed by atoms with Crippen molar-refractivity contribution in [1.29, 1.82) is 0 Å². The van der Waals surface area contributed by atoms with Gasteiger partial charge in [0.05, 0.1) is 5.02 Å². The summed E-state index contributed by atoms with van der Waals surface area (Å²) in [4.78, 5) is 12.2. The average Bonchev–Trinajstić information content (AvgIpc) is 2.29. The molecule has 0 amide bonds. The Morgan fingerprint density at radius 3 is 2.56 bits per heavy atom. The normalized spacial score (nSPS) is 17.3. The third-order valence-electron chi connectivity index (χ3n) is 3.19. The first-order valence-electron chi connectivity index (χ1n) is 5.71. The second kappa shape index (κ2) is 4.88. The lowest BCUT2D eigenvalue weighted by molar-refractivity contribution is 0.0889. The summed E-state index contributed by atoms with van der Waals surface area (Å²) in [5.41, 5.74) is 0.548. The highest BCUT2D eigenvalue weighted by Crippen LogP contribution is 2.30. The van der Waals surface area contributed by atoms with Gasteiger partial charge in [-0.25, -0.2) is 0 Å². The summed E-state index contributed by atoms with van der Waals surface area (Å²) in [6.45, 7) is 0. The molecule has 2 rings (SSSR count). The maximum Gasteiger partial charge on any atom is 0.167 e. The lowest BCUT2D eigenvalue weighted by Gasteiger charge is -2.20. The van der Waals surface area contributed by atoms with Crippen molar-refractivity contribution >= 4 is 17.4 Å². The summed E-state index contributed by atoms with van der Waals surface area (Å²) in [7, 11) is 0. The molecule has 86 valence electrons. The van der Waals surface area contributed by atoms with E-state index in [4.69, 9.17) is 11.6 Å². The van der Waals surface area contributed by atoms with Crippen LogP contribution in [0.1, 0.15) is 42.5 Å². The molecule has 0 aliphatic heterocycles. The van der Waals surface area contributed by atoms with Crippen LogP contribution in [0.25, 0.3) is 0 Å². The molecule has 1 aromatic carbocycles. The fraction of sp³-hybridized carbons (Fsp3) is 0.462. The Balaban J connectivity index is 2.19. The van der Waals surface area contributed by atoms with E-state index in [0.717, 1.165) is 25.7 Å². The van der Waals surface area contributed by atoms with Crippen LogP contribution in [0.15, 0.2) is 18.2 Å². The van der Waals surface area contributed by atoms with Gasteiger partial charge >= 0.3 is 0 Å². The number of phenolic OH excluding ortho intramolecular Hbond substituents is 1. The molecule has 0 heterocycles.